The van der Waals surface area contributed by atoms with E-state index in [9.17, 15) is 4.79 Å². The van der Waals surface area contributed by atoms with E-state index in [1.807, 2.05) is 13.2 Å². The van der Waals surface area contributed by atoms with Gasteiger partial charge in [0.15, 0.2) is 0 Å². The highest BCUT2D eigenvalue weighted by molar-refractivity contribution is 7.98. The van der Waals surface area contributed by atoms with E-state index in [1.165, 1.54) is 0 Å². The van der Waals surface area contributed by atoms with Crippen LogP contribution in [0.2, 0.25) is 0 Å². The lowest BCUT2D eigenvalue weighted by molar-refractivity contribution is -0.121. The van der Waals surface area contributed by atoms with E-state index in [0.29, 0.717) is 6.42 Å². The van der Waals surface area contributed by atoms with Crippen LogP contribution in [0.25, 0.3) is 0 Å². The standard InChI is InChI=1S/C9H19NO2S/c1-8(4-3-6-11)10-9(12)5-7-13-2/h8,11H,3-7H2,1-2H3,(H,10,12). The molecular weight excluding hydrogens is 186 g/mol. The van der Waals surface area contributed by atoms with Gasteiger partial charge in [0, 0.05) is 24.8 Å². The first-order chi connectivity index (χ1) is 6.20. The highest BCUT2D eigenvalue weighted by Gasteiger charge is 2.05. The molecule has 0 aliphatic rings. The number of amides is 1. The van der Waals surface area contributed by atoms with Crippen molar-refractivity contribution in [2.75, 3.05) is 18.6 Å². The molecular formula is C9H19NO2S. The Morgan fingerprint density at radius 2 is 2.31 bits per heavy atom. The molecule has 0 aliphatic carbocycles. The molecule has 78 valence electrons. The monoisotopic (exact) mass is 205 g/mol. The van der Waals surface area contributed by atoms with Crippen LogP contribution in [0.15, 0.2) is 0 Å². The van der Waals surface area contributed by atoms with Crippen molar-refractivity contribution >= 4 is 17.7 Å². The van der Waals surface area contributed by atoms with Crippen LogP contribution in [0.5, 0.6) is 0 Å². The summed E-state index contributed by atoms with van der Waals surface area (Å²) in [4.78, 5) is 11.2. The molecule has 0 aromatic rings. The summed E-state index contributed by atoms with van der Waals surface area (Å²) >= 11 is 1.67. The minimum Gasteiger partial charge on any atom is -0.396 e. The summed E-state index contributed by atoms with van der Waals surface area (Å²) in [6.45, 7) is 2.16. The molecule has 2 N–H and O–H groups in total. The highest BCUT2D eigenvalue weighted by atomic mass is 32.2. The van der Waals surface area contributed by atoms with Gasteiger partial charge in [0.25, 0.3) is 0 Å². The van der Waals surface area contributed by atoms with Gasteiger partial charge in [-0.3, -0.25) is 4.79 Å². The van der Waals surface area contributed by atoms with Crippen molar-refractivity contribution in [1.29, 1.82) is 0 Å². The Kier molecular flexibility index (Phi) is 8.24. The minimum atomic E-state index is 0.111. The Morgan fingerprint density at radius 3 is 2.85 bits per heavy atom. The average molecular weight is 205 g/mol. The number of thioether (sulfide) groups is 1. The fourth-order valence-electron chi connectivity index (χ4n) is 1.01. The first kappa shape index (κ1) is 12.8. The SMILES string of the molecule is CSCCC(=O)NC(C)CCCO. The van der Waals surface area contributed by atoms with Crippen LogP contribution in [0, 0.1) is 0 Å². The Hall–Kier alpha value is -0.220. The average Bonchev–Trinajstić information content (AvgIpc) is 2.11. The summed E-state index contributed by atoms with van der Waals surface area (Å²) in [6, 6.07) is 0.182. The van der Waals surface area contributed by atoms with Crippen LogP contribution < -0.4 is 5.32 Å². The Bertz CT molecular complexity index is 142. The van der Waals surface area contributed by atoms with Gasteiger partial charge >= 0.3 is 0 Å². The molecule has 0 rings (SSSR count). The number of rotatable bonds is 7. The molecule has 4 heteroatoms. The van der Waals surface area contributed by atoms with Gasteiger partial charge in [0.05, 0.1) is 0 Å². The van der Waals surface area contributed by atoms with Gasteiger partial charge in [-0.1, -0.05) is 0 Å². The number of aliphatic hydroxyl groups excluding tert-OH is 1. The predicted octanol–water partition coefficient (Wildman–Crippen LogP) is 1.02. The van der Waals surface area contributed by atoms with Crippen LogP contribution in [0.4, 0.5) is 0 Å². The van der Waals surface area contributed by atoms with E-state index < -0.39 is 0 Å². The molecule has 0 aromatic heterocycles. The third-order valence-corrected chi connectivity index (χ3v) is 2.35. The van der Waals surface area contributed by atoms with Crippen LogP contribution in [-0.4, -0.2) is 35.7 Å². The van der Waals surface area contributed by atoms with Crippen molar-refractivity contribution < 1.29 is 9.90 Å². The molecule has 3 nitrogen and oxygen atoms in total. The number of aliphatic hydroxyl groups is 1. The first-order valence-corrected chi connectivity index (χ1v) is 5.99. The molecule has 0 saturated heterocycles. The normalized spacial score (nSPS) is 12.5. The molecule has 0 aromatic carbocycles. The number of nitrogens with one attached hydrogen (secondary N) is 1. The third-order valence-electron chi connectivity index (χ3n) is 1.74. The Labute approximate surface area is 84.3 Å². The maximum atomic E-state index is 11.2. The van der Waals surface area contributed by atoms with Crippen molar-refractivity contribution in [2.45, 2.75) is 32.2 Å². The first-order valence-electron chi connectivity index (χ1n) is 4.60. The van der Waals surface area contributed by atoms with Crippen molar-refractivity contribution in [3.8, 4) is 0 Å². The lowest BCUT2D eigenvalue weighted by atomic mass is 10.2. The molecule has 0 aliphatic heterocycles. The van der Waals surface area contributed by atoms with Crippen LogP contribution in [0.1, 0.15) is 26.2 Å². The summed E-state index contributed by atoms with van der Waals surface area (Å²) in [5.74, 6) is 0.984. The zero-order valence-corrected chi connectivity index (χ0v) is 9.19. The molecule has 13 heavy (non-hydrogen) atoms. The predicted molar refractivity (Wildman–Crippen MR) is 56.9 cm³/mol. The lowest BCUT2D eigenvalue weighted by Gasteiger charge is -2.12. The molecule has 0 saturated carbocycles. The van der Waals surface area contributed by atoms with E-state index in [-0.39, 0.29) is 18.6 Å². The fourth-order valence-corrected chi connectivity index (χ4v) is 1.40. The van der Waals surface area contributed by atoms with Crippen LogP contribution >= 0.6 is 11.8 Å². The second kappa shape index (κ2) is 8.38. The summed E-state index contributed by atoms with van der Waals surface area (Å²) in [5.41, 5.74) is 0. The maximum absolute atomic E-state index is 11.2. The zero-order valence-electron chi connectivity index (χ0n) is 8.38. The zero-order chi connectivity index (χ0) is 10.1. The number of carbonyl (C=O) groups is 1. The van der Waals surface area contributed by atoms with Gasteiger partial charge in [-0.25, -0.2) is 0 Å². The van der Waals surface area contributed by atoms with E-state index >= 15 is 0 Å². The molecule has 0 radical (unpaired) electrons. The van der Waals surface area contributed by atoms with E-state index in [4.69, 9.17) is 5.11 Å². The molecule has 0 fully saturated rings. The molecule has 0 bridgehead atoms. The van der Waals surface area contributed by atoms with Gasteiger partial charge < -0.3 is 10.4 Å². The van der Waals surface area contributed by atoms with Gasteiger partial charge in [-0.15, -0.1) is 0 Å². The molecule has 1 unspecified atom stereocenters. The van der Waals surface area contributed by atoms with Gasteiger partial charge in [-0.05, 0) is 26.0 Å². The van der Waals surface area contributed by atoms with Gasteiger partial charge in [0.2, 0.25) is 5.91 Å². The third kappa shape index (κ3) is 8.12. The summed E-state index contributed by atoms with van der Waals surface area (Å²) < 4.78 is 0. The Balaban J connectivity index is 3.41. The number of carbonyl (C=O) groups excluding carboxylic acids is 1. The lowest BCUT2D eigenvalue weighted by Crippen LogP contribution is -2.32. The largest absolute Gasteiger partial charge is 0.396 e. The number of hydrogen-bond acceptors (Lipinski definition) is 3. The smallest absolute Gasteiger partial charge is 0.221 e. The van der Waals surface area contributed by atoms with Crippen LogP contribution in [0.3, 0.4) is 0 Å². The van der Waals surface area contributed by atoms with Crippen molar-refractivity contribution in [1.82, 2.24) is 5.32 Å². The quantitative estimate of drug-likeness (QED) is 0.652. The van der Waals surface area contributed by atoms with E-state index in [0.717, 1.165) is 18.6 Å². The fraction of sp³-hybridized carbons (Fsp3) is 0.889. The highest BCUT2D eigenvalue weighted by Crippen LogP contribution is 1.98. The van der Waals surface area contributed by atoms with Crippen molar-refractivity contribution in [3.05, 3.63) is 0 Å². The molecule has 1 amide bonds. The van der Waals surface area contributed by atoms with Gasteiger partial charge in [0.1, 0.15) is 0 Å². The molecule has 1 atom stereocenters. The summed E-state index contributed by atoms with van der Waals surface area (Å²) in [7, 11) is 0. The Morgan fingerprint density at radius 1 is 1.62 bits per heavy atom. The van der Waals surface area contributed by atoms with Gasteiger partial charge in [-0.2, -0.15) is 11.8 Å². The second-order valence-corrected chi connectivity index (χ2v) is 4.06. The molecule has 0 heterocycles. The van der Waals surface area contributed by atoms with E-state index in [1.54, 1.807) is 11.8 Å². The minimum absolute atomic E-state index is 0.111. The maximum Gasteiger partial charge on any atom is 0.221 e. The molecule has 0 spiro atoms. The van der Waals surface area contributed by atoms with Crippen molar-refractivity contribution in [3.63, 3.8) is 0 Å². The summed E-state index contributed by atoms with van der Waals surface area (Å²) in [5, 5.41) is 11.5. The number of hydrogen-bond donors (Lipinski definition) is 2. The topological polar surface area (TPSA) is 49.3 Å². The second-order valence-electron chi connectivity index (χ2n) is 3.08. The van der Waals surface area contributed by atoms with Crippen molar-refractivity contribution in [2.24, 2.45) is 0 Å². The van der Waals surface area contributed by atoms with E-state index in [2.05, 4.69) is 5.32 Å². The summed E-state index contributed by atoms with van der Waals surface area (Å²) in [6.07, 6.45) is 4.18. The van der Waals surface area contributed by atoms with Crippen LogP contribution in [-0.2, 0) is 4.79 Å².